The van der Waals surface area contributed by atoms with E-state index < -0.39 is 0 Å². The second-order valence-electron chi connectivity index (χ2n) is 5.31. The smallest absolute Gasteiger partial charge is 0.165 e. The summed E-state index contributed by atoms with van der Waals surface area (Å²) in [6.45, 7) is 4.58. The fraction of sp³-hybridized carbons (Fsp3) is 0.235. The van der Waals surface area contributed by atoms with Gasteiger partial charge in [0.25, 0.3) is 0 Å². The van der Waals surface area contributed by atoms with E-state index in [0.29, 0.717) is 29.2 Å². The maximum Gasteiger partial charge on any atom is 0.165 e. The number of aromatic nitrogens is 3. The number of rotatable bonds is 4. The number of nitrogens with one attached hydrogen (secondary N) is 1. The highest BCUT2D eigenvalue weighted by Gasteiger charge is 2.08. The van der Waals surface area contributed by atoms with Crippen LogP contribution in [0.2, 0.25) is 0 Å². The van der Waals surface area contributed by atoms with Crippen LogP contribution in [0.3, 0.4) is 0 Å². The standard InChI is InChI=1S/C17H17FN4/c1-11-3-5-13(6-4-11)7-8-19-16-15-9-14(18)10-20-17(15)22-12(2)21-16/h3-6,9-10H,7-8H2,1-2H3,(H,19,20,21,22). The van der Waals surface area contributed by atoms with Gasteiger partial charge >= 0.3 is 0 Å². The zero-order chi connectivity index (χ0) is 15.5. The van der Waals surface area contributed by atoms with Crippen molar-refractivity contribution in [3.05, 3.63) is 59.3 Å². The van der Waals surface area contributed by atoms with Gasteiger partial charge in [-0.15, -0.1) is 0 Å². The summed E-state index contributed by atoms with van der Waals surface area (Å²) in [4.78, 5) is 12.6. The van der Waals surface area contributed by atoms with Crippen LogP contribution in [0.4, 0.5) is 10.2 Å². The first-order chi connectivity index (χ1) is 10.6. The monoisotopic (exact) mass is 296 g/mol. The minimum atomic E-state index is -0.387. The van der Waals surface area contributed by atoms with Crippen LogP contribution in [0.15, 0.2) is 36.5 Å². The van der Waals surface area contributed by atoms with E-state index in [2.05, 4.69) is 51.5 Å². The van der Waals surface area contributed by atoms with Gasteiger partial charge in [-0.3, -0.25) is 0 Å². The van der Waals surface area contributed by atoms with Gasteiger partial charge < -0.3 is 5.32 Å². The predicted molar refractivity (Wildman–Crippen MR) is 85.4 cm³/mol. The highest BCUT2D eigenvalue weighted by atomic mass is 19.1. The molecule has 0 spiro atoms. The highest BCUT2D eigenvalue weighted by Crippen LogP contribution is 2.19. The molecule has 0 radical (unpaired) electrons. The average molecular weight is 296 g/mol. The maximum atomic E-state index is 13.4. The molecule has 0 amide bonds. The molecule has 1 N–H and O–H groups in total. The summed E-state index contributed by atoms with van der Waals surface area (Å²) in [6, 6.07) is 9.83. The maximum absolute atomic E-state index is 13.4. The lowest BCUT2D eigenvalue weighted by Gasteiger charge is -2.09. The summed E-state index contributed by atoms with van der Waals surface area (Å²) in [5, 5.41) is 3.87. The Morgan fingerprint density at radius 3 is 2.64 bits per heavy atom. The van der Waals surface area contributed by atoms with Gasteiger partial charge in [0.15, 0.2) is 5.65 Å². The van der Waals surface area contributed by atoms with Gasteiger partial charge in [-0.25, -0.2) is 19.3 Å². The molecule has 2 heterocycles. The molecule has 112 valence electrons. The van der Waals surface area contributed by atoms with Crippen LogP contribution in [0.1, 0.15) is 17.0 Å². The number of pyridine rings is 1. The molecule has 0 aliphatic rings. The Balaban J connectivity index is 1.78. The molecule has 0 unspecified atom stereocenters. The summed E-state index contributed by atoms with van der Waals surface area (Å²) in [7, 11) is 0. The third kappa shape index (κ3) is 3.19. The second-order valence-corrected chi connectivity index (χ2v) is 5.31. The summed E-state index contributed by atoms with van der Waals surface area (Å²) in [6.07, 6.45) is 2.04. The lowest BCUT2D eigenvalue weighted by atomic mass is 10.1. The van der Waals surface area contributed by atoms with E-state index in [-0.39, 0.29) is 5.82 Å². The van der Waals surface area contributed by atoms with Gasteiger partial charge in [0.05, 0.1) is 11.6 Å². The Morgan fingerprint density at radius 2 is 1.86 bits per heavy atom. The molecule has 3 aromatic rings. The van der Waals surface area contributed by atoms with Crippen molar-refractivity contribution in [1.29, 1.82) is 0 Å². The zero-order valence-electron chi connectivity index (χ0n) is 12.6. The number of benzene rings is 1. The second kappa shape index (κ2) is 6.05. The molecule has 5 heteroatoms. The molecule has 0 fully saturated rings. The summed E-state index contributed by atoms with van der Waals surface area (Å²) in [5.41, 5.74) is 3.00. The van der Waals surface area contributed by atoms with Crippen molar-refractivity contribution in [3.63, 3.8) is 0 Å². The summed E-state index contributed by atoms with van der Waals surface area (Å²) < 4.78 is 13.4. The first-order valence-electron chi connectivity index (χ1n) is 7.21. The molecule has 22 heavy (non-hydrogen) atoms. The van der Waals surface area contributed by atoms with E-state index in [1.165, 1.54) is 23.4 Å². The largest absolute Gasteiger partial charge is 0.369 e. The van der Waals surface area contributed by atoms with Gasteiger partial charge in [0.2, 0.25) is 0 Å². The molecule has 0 saturated heterocycles. The van der Waals surface area contributed by atoms with Gasteiger partial charge in [0.1, 0.15) is 17.5 Å². The fourth-order valence-electron chi connectivity index (χ4n) is 2.31. The van der Waals surface area contributed by atoms with Crippen LogP contribution in [0.25, 0.3) is 11.0 Å². The normalized spacial score (nSPS) is 10.9. The molecule has 1 aromatic carbocycles. The predicted octanol–water partition coefficient (Wildman–Crippen LogP) is 3.44. The molecule has 0 aliphatic carbocycles. The molecular formula is C17H17FN4. The minimum Gasteiger partial charge on any atom is -0.369 e. The van der Waals surface area contributed by atoms with Crippen LogP contribution in [-0.2, 0) is 6.42 Å². The van der Waals surface area contributed by atoms with E-state index in [0.717, 1.165) is 6.42 Å². The Kier molecular flexibility index (Phi) is 3.96. The Labute approximate surface area is 128 Å². The van der Waals surface area contributed by atoms with Crippen LogP contribution < -0.4 is 5.32 Å². The van der Waals surface area contributed by atoms with E-state index in [1.54, 1.807) is 6.92 Å². The number of anilines is 1. The summed E-state index contributed by atoms with van der Waals surface area (Å²) >= 11 is 0. The Bertz CT molecular complexity index is 800. The van der Waals surface area contributed by atoms with Crippen molar-refractivity contribution in [1.82, 2.24) is 15.0 Å². The van der Waals surface area contributed by atoms with Crippen molar-refractivity contribution >= 4 is 16.9 Å². The molecule has 0 aliphatic heterocycles. The molecule has 0 saturated carbocycles. The third-order valence-electron chi connectivity index (χ3n) is 3.46. The number of aryl methyl sites for hydroxylation is 2. The molecule has 0 atom stereocenters. The minimum absolute atomic E-state index is 0.387. The first kappa shape index (κ1) is 14.4. The van der Waals surface area contributed by atoms with E-state index in [1.807, 2.05) is 0 Å². The molecule has 3 rings (SSSR count). The summed E-state index contributed by atoms with van der Waals surface area (Å²) in [5.74, 6) is 0.854. The Hall–Kier alpha value is -2.56. The van der Waals surface area contributed by atoms with Crippen LogP contribution in [-0.4, -0.2) is 21.5 Å². The van der Waals surface area contributed by atoms with Crippen molar-refractivity contribution in [2.45, 2.75) is 20.3 Å². The van der Waals surface area contributed by atoms with Crippen LogP contribution in [0, 0.1) is 19.7 Å². The van der Waals surface area contributed by atoms with Crippen molar-refractivity contribution in [2.75, 3.05) is 11.9 Å². The molecular weight excluding hydrogens is 279 g/mol. The van der Waals surface area contributed by atoms with Crippen molar-refractivity contribution in [3.8, 4) is 0 Å². The van der Waals surface area contributed by atoms with Crippen molar-refractivity contribution in [2.24, 2.45) is 0 Å². The lowest BCUT2D eigenvalue weighted by molar-refractivity contribution is 0.624. The van der Waals surface area contributed by atoms with Gasteiger partial charge in [0, 0.05) is 6.54 Å². The third-order valence-corrected chi connectivity index (χ3v) is 3.46. The van der Waals surface area contributed by atoms with E-state index >= 15 is 0 Å². The van der Waals surface area contributed by atoms with Gasteiger partial charge in [-0.1, -0.05) is 29.8 Å². The van der Waals surface area contributed by atoms with Gasteiger partial charge in [-0.05, 0) is 31.9 Å². The number of halogens is 1. The highest BCUT2D eigenvalue weighted by molar-refractivity contribution is 5.86. The molecule has 4 nitrogen and oxygen atoms in total. The molecule has 2 aromatic heterocycles. The average Bonchev–Trinajstić information content (AvgIpc) is 2.50. The first-order valence-corrected chi connectivity index (χ1v) is 7.21. The number of nitrogens with zero attached hydrogens (tertiary/aromatic N) is 3. The SMILES string of the molecule is Cc1ccc(CCNc2nc(C)nc3ncc(F)cc23)cc1. The zero-order valence-corrected chi connectivity index (χ0v) is 12.6. The quantitative estimate of drug-likeness (QED) is 0.801. The van der Waals surface area contributed by atoms with E-state index in [4.69, 9.17) is 0 Å². The van der Waals surface area contributed by atoms with E-state index in [9.17, 15) is 4.39 Å². The Morgan fingerprint density at radius 1 is 1.09 bits per heavy atom. The van der Waals surface area contributed by atoms with Gasteiger partial charge in [-0.2, -0.15) is 0 Å². The van der Waals surface area contributed by atoms with Crippen molar-refractivity contribution < 1.29 is 4.39 Å². The van der Waals surface area contributed by atoms with Crippen LogP contribution in [0.5, 0.6) is 0 Å². The fourth-order valence-corrected chi connectivity index (χ4v) is 2.31. The number of fused-ring (bicyclic) bond motifs is 1. The lowest BCUT2D eigenvalue weighted by Crippen LogP contribution is -2.08. The number of hydrogen-bond donors (Lipinski definition) is 1. The van der Waals surface area contributed by atoms with Crippen LogP contribution >= 0.6 is 0 Å². The number of hydrogen-bond acceptors (Lipinski definition) is 4. The molecule has 0 bridgehead atoms. The topological polar surface area (TPSA) is 50.7 Å².